The van der Waals surface area contributed by atoms with Crippen molar-refractivity contribution in [3.63, 3.8) is 0 Å². The van der Waals surface area contributed by atoms with Crippen molar-refractivity contribution >= 4 is 11.8 Å². The van der Waals surface area contributed by atoms with Crippen LogP contribution in [-0.2, 0) is 16.0 Å². The fourth-order valence-electron chi connectivity index (χ4n) is 3.46. The molecule has 2 rings (SSSR count). The number of methoxy groups -OCH3 is 1. The first kappa shape index (κ1) is 21.3. The highest BCUT2D eigenvalue weighted by molar-refractivity contribution is 5.84. The molecule has 0 bridgehead atoms. The van der Waals surface area contributed by atoms with E-state index in [4.69, 9.17) is 4.74 Å². The van der Waals surface area contributed by atoms with E-state index in [1.807, 2.05) is 44.7 Å². The van der Waals surface area contributed by atoms with Crippen molar-refractivity contribution in [2.45, 2.75) is 59.4 Å². The number of carbonyl (C=O) groups is 2. The maximum absolute atomic E-state index is 12.7. The van der Waals surface area contributed by atoms with Crippen LogP contribution in [0.15, 0.2) is 24.3 Å². The summed E-state index contributed by atoms with van der Waals surface area (Å²) in [7, 11) is 1.66. The van der Waals surface area contributed by atoms with E-state index in [0.29, 0.717) is 6.54 Å². The normalized spacial score (nSPS) is 18.7. The van der Waals surface area contributed by atoms with Crippen LogP contribution in [0.1, 0.15) is 52.5 Å². The molecule has 5 heteroatoms. The van der Waals surface area contributed by atoms with Gasteiger partial charge in [-0.2, -0.15) is 0 Å². The molecule has 1 heterocycles. The number of hydrogen-bond acceptors (Lipinski definition) is 3. The number of hydrogen-bond donors (Lipinski definition) is 1. The Morgan fingerprint density at radius 1 is 1.26 bits per heavy atom. The number of nitrogens with one attached hydrogen (secondary N) is 1. The summed E-state index contributed by atoms with van der Waals surface area (Å²) in [5.41, 5.74) is 0.834. The van der Waals surface area contributed by atoms with Gasteiger partial charge in [0.25, 0.3) is 0 Å². The van der Waals surface area contributed by atoms with Gasteiger partial charge in [0.2, 0.25) is 11.8 Å². The number of likely N-dealkylation sites (tertiary alicyclic amines) is 1. The molecular weight excluding hydrogens is 340 g/mol. The summed E-state index contributed by atoms with van der Waals surface area (Å²) < 4.78 is 5.18. The lowest BCUT2D eigenvalue weighted by Gasteiger charge is -2.36. The smallest absolute Gasteiger partial charge is 0.227 e. The molecule has 0 saturated carbocycles. The molecule has 0 radical (unpaired) electrons. The largest absolute Gasteiger partial charge is 0.497 e. The average Bonchev–Trinajstić information content (AvgIpc) is 2.65. The van der Waals surface area contributed by atoms with E-state index in [-0.39, 0.29) is 23.8 Å². The molecule has 2 amide bonds. The first-order valence-electron chi connectivity index (χ1n) is 9.93. The van der Waals surface area contributed by atoms with Gasteiger partial charge in [-0.1, -0.05) is 32.9 Å². The highest BCUT2D eigenvalue weighted by Crippen LogP contribution is 2.24. The highest BCUT2D eigenvalue weighted by Gasteiger charge is 2.33. The van der Waals surface area contributed by atoms with Crippen molar-refractivity contribution in [3.05, 3.63) is 29.8 Å². The third kappa shape index (κ3) is 6.26. The van der Waals surface area contributed by atoms with Crippen LogP contribution in [0.25, 0.3) is 0 Å². The van der Waals surface area contributed by atoms with Crippen LogP contribution in [-0.4, -0.2) is 43.0 Å². The standard InChI is InChI=1S/C22H34N2O3/c1-16(8-9-17-10-12-19(27-5)13-11-17)23-20(25)18-7-6-14-24(15-18)21(26)22(2,3)4/h10-13,16,18H,6-9,14-15H2,1-5H3,(H,23,25)/t16-,18+/m0/s1. The second-order valence-electron chi connectivity index (χ2n) is 8.64. The van der Waals surface area contributed by atoms with Crippen molar-refractivity contribution in [2.75, 3.05) is 20.2 Å². The molecule has 0 aliphatic carbocycles. The van der Waals surface area contributed by atoms with Crippen LogP contribution < -0.4 is 10.1 Å². The van der Waals surface area contributed by atoms with Gasteiger partial charge in [0, 0.05) is 24.5 Å². The molecule has 0 aromatic heterocycles. The Kier molecular flexibility index (Phi) is 7.28. The highest BCUT2D eigenvalue weighted by atomic mass is 16.5. The van der Waals surface area contributed by atoms with Gasteiger partial charge in [-0.05, 0) is 50.3 Å². The summed E-state index contributed by atoms with van der Waals surface area (Å²) in [5, 5.41) is 3.14. The van der Waals surface area contributed by atoms with Crippen LogP contribution in [0.5, 0.6) is 5.75 Å². The van der Waals surface area contributed by atoms with Crippen molar-refractivity contribution < 1.29 is 14.3 Å². The van der Waals surface area contributed by atoms with Gasteiger partial charge in [-0.25, -0.2) is 0 Å². The van der Waals surface area contributed by atoms with E-state index < -0.39 is 5.41 Å². The Hall–Kier alpha value is -2.04. The number of rotatable bonds is 6. The first-order chi connectivity index (χ1) is 12.7. The Morgan fingerprint density at radius 2 is 1.93 bits per heavy atom. The third-order valence-electron chi connectivity index (χ3n) is 5.13. The Balaban J connectivity index is 1.81. The summed E-state index contributed by atoms with van der Waals surface area (Å²) in [6, 6.07) is 8.14. The van der Waals surface area contributed by atoms with E-state index in [9.17, 15) is 9.59 Å². The molecule has 1 aliphatic rings. The van der Waals surface area contributed by atoms with Crippen LogP contribution >= 0.6 is 0 Å². The van der Waals surface area contributed by atoms with Crippen molar-refractivity contribution in [2.24, 2.45) is 11.3 Å². The molecule has 1 saturated heterocycles. The molecule has 2 atom stereocenters. The second-order valence-corrected chi connectivity index (χ2v) is 8.64. The summed E-state index contributed by atoms with van der Waals surface area (Å²) >= 11 is 0. The van der Waals surface area contributed by atoms with E-state index in [1.54, 1.807) is 7.11 Å². The number of piperidine rings is 1. The Labute approximate surface area is 163 Å². The van der Waals surface area contributed by atoms with Crippen LogP contribution in [0.4, 0.5) is 0 Å². The Bertz CT molecular complexity index is 634. The molecule has 1 aromatic rings. The molecule has 27 heavy (non-hydrogen) atoms. The average molecular weight is 375 g/mol. The minimum absolute atomic E-state index is 0.0728. The summed E-state index contributed by atoms with van der Waals surface area (Å²) in [6.07, 6.45) is 3.53. The fraction of sp³-hybridized carbons (Fsp3) is 0.636. The van der Waals surface area contributed by atoms with E-state index in [1.165, 1.54) is 5.56 Å². The summed E-state index contributed by atoms with van der Waals surface area (Å²) in [6.45, 7) is 9.13. The lowest BCUT2D eigenvalue weighted by atomic mass is 9.90. The topological polar surface area (TPSA) is 58.6 Å². The maximum atomic E-state index is 12.7. The van der Waals surface area contributed by atoms with Crippen molar-refractivity contribution in [3.8, 4) is 5.75 Å². The van der Waals surface area contributed by atoms with Gasteiger partial charge >= 0.3 is 0 Å². The van der Waals surface area contributed by atoms with Gasteiger partial charge in [0.05, 0.1) is 13.0 Å². The molecule has 0 unspecified atom stereocenters. The number of benzene rings is 1. The van der Waals surface area contributed by atoms with Gasteiger partial charge in [0.1, 0.15) is 5.75 Å². The second kappa shape index (κ2) is 9.25. The van der Waals surface area contributed by atoms with E-state index in [0.717, 1.165) is 38.0 Å². The fourth-order valence-corrected chi connectivity index (χ4v) is 3.46. The minimum Gasteiger partial charge on any atom is -0.497 e. The van der Waals surface area contributed by atoms with E-state index >= 15 is 0 Å². The number of nitrogens with zero attached hydrogens (tertiary/aromatic N) is 1. The first-order valence-corrected chi connectivity index (χ1v) is 9.93. The van der Waals surface area contributed by atoms with Gasteiger partial charge in [-0.3, -0.25) is 9.59 Å². The van der Waals surface area contributed by atoms with E-state index in [2.05, 4.69) is 17.4 Å². The van der Waals surface area contributed by atoms with Crippen molar-refractivity contribution in [1.29, 1.82) is 0 Å². The zero-order valence-corrected chi connectivity index (χ0v) is 17.4. The molecule has 150 valence electrons. The quantitative estimate of drug-likeness (QED) is 0.830. The summed E-state index contributed by atoms with van der Waals surface area (Å²) in [4.78, 5) is 27.0. The van der Waals surface area contributed by atoms with Crippen LogP contribution in [0.2, 0.25) is 0 Å². The third-order valence-corrected chi connectivity index (χ3v) is 5.13. The van der Waals surface area contributed by atoms with Gasteiger partial charge < -0.3 is 15.0 Å². The van der Waals surface area contributed by atoms with Gasteiger partial charge in [0.15, 0.2) is 0 Å². The van der Waals surface area contributed by atoms with Crippen LogP contribution in [0, 0.1) is 11.3 Å². The Morgan fingerprint density at radius 3 is 2.52 bits per heavy atom. The number of amides is 2. The molecule has 0 spiro atoms. The molecule has 1 N–H and O–H groups in total. The monoisotopic (exact) mass is 374 g/mol. The molecular formula is C22H34N2O3. The zero-order chi connectivity index (χ0) is 20.0. The zero-order valence-electron chi connectivity index (χ0n) is 17.4. The van der Waals surface area contributed by atoms with Crippen molar-refractivity contribution in [1.82, 2.24) is 10.2 Å². The number of ether oxygens (including phenoxy) is 1. The minimum atomic E-state index is -0.399. The van der Waals surface area contributed by atoms with Crippen LogP contribution in [0.3, 0.4) is 0 Å². The lowest BCUT2D eigenvalue weighted by Crippen LogP contribution is -2.49. The predicted molar refractivity (Wildman–Crippen MR) is 108 cm³/mol. The predicted octanol–water partition coefficient (Wildman–Crippen LogP) is 3.42. The SMILES string of the molecule is COc1ccc(CC[C@H](C)NC(=O)[C@@H]2CCCN(C(=O)C(C)(C)C)C2)cc1. The molecule has 1 aromatic carbocycles. The molecule has 1 aliphatic heterocycles. The lowest BCUT2D eigenvalue weighted by molar-refractivity contribution is -0.142. The number of aryl methyl sites for hydroxylation is 1. The molecule has 5 nitrogen and oxygen atoms in total. The maximum Gasteiger partial charge on any atom is 0.227 e. The molecule has 1 fully saturated rings. The summed E-state index contributed by atoms with van der Waals surface area (Å²) in [5.74, 6) is 0.955. The number of carbonyl (C=O) groups excluding carboxylic acids is 2. The van der Waals surface area contributed by atoms with Gasteiger partial charge in [-0.15, -0.1) is 0 Å².